The Labute approximate surface area is 123 Å². The van der Waals surface area contributed by atoms with Crippen molar-refractivity contribution >= 4 is 7.82 Å². The molecular weight excluding hydrogens is 323 g/mol. The number of nitrogens with zero attached hydrogens (tertiary/aromatic N) is 1. The molecule has 1 aliphatic rings. The van der Waals surface area contributed by atoms with Gasteiger partial charge >= 0.3 is 13.5 Å². The van der Waals surface area contributed by atoms with Crippen LogP contribution in [0.3, 0.4) is 0 Å². The molecule has 11 nitrogen and oxygen atoms in total. The highest BCUT2D eigenvalue weighted by molar-refractivity contribution is 7.46. The predicted octanol–water partition coefficient (Wildman–Crippen LogP) is -2.43. The molecule has 124 valence electrons. The standard InChI is InChI=1S/C10H15N2O9P/c1-4-2-12(10(16)11-8(4)15)9-7(14)6(13)5(21-9)3-20-22(17,18)19/h2,5-7,9,13-14H,3H2,1H3,(H,11,15,16)(H2,17,18,19)/t5-,6-,7?,9-/m1/s1. The molecule has 1 aromatic heterocycles. The van der Waals surface area contributed by atoms with Gasteiger partial charge in [-0.2, -0.15) is 0 Å². The minimum Gasteiger partial charge on any atom is -0.387 e. The van der Waals surface area contributed by atoms with Gasteiger partial charge in [0, 0.05) is 11.8 Å². The van der Waals surface area contributed by atoms with Crippen LogP contribution < -0.4 is 11.2 Å². The van der Waals surface area contributed by atoms with Gasteiger partial charge in [0.2, 0.25) is 0 Å². The molecule has 0 aliphatic carbocycles. The molecule has 2 rings (SSSR count). The number of aromatic nitrogens is 2. The van der Waals surface area contributed by atoms with E-state index < -0.39 is 50.2 Å². The van der Waals surface area contributed by atoms with Crippen molar-refractivity contribution in [2.45, 2.75) is 31.5 Å². The van der Waals surface area contributed by atoms with Gasteiger partial charge in [0.05, 0.1) is 6.61 Å². The van der Waals surface area contributed by atoms with Gasteiger partial charge in [-0.3, -0.25) is 18.9 Å². The summed E-state index contributed by atoms with van der Waals surface area (Å²) in [7, 11) is -4.77. The number of phosphoric ester groups is 1. The fourth-order valence-corrected chi connectivity index (χ4v) is 2.38. The number of ether oxygens (including phenoxy) is 1. The Bertz CT molecular complexity index is 707. The number of nitrogens with one attached hydrogen (secondary N) is 1. The largest absolute Gasteiger partial charge is 0.469 e. The van der Waals surface area contributed by atoms with Crippen LogP contribution in [-0.2, 0) is 13.8 Å². The number of aryl methyl sites for hydroxylation is 1. The molecule has 1 aliphatic heterocycles. The molecule has 2 heterocycles. The summed E-state index contributed by atoms with van der Waals surface area (Å²) in [6, 6.07) is 0. The molecule has 0 radical (unpaired) electrons. The molecule has 22 heavy (non-hydrogen) atoms. The average molecular weight is 338 g/mol. The summed E-state index contributed by atoms with van der Waals surface area (Å²) < 4.78 is 20.9. The maximum absolute atomic E-state index is 11.7. The molecule has 1 saturated heterocycles. The van der Waals surface area contributed by atoms with E-state index in [4.69, 9.17) is 14.5 Å². The molecule has 5 N–H and O–H groups in total. The van der Waals surface area contributed by atoms with Crippen molar-refractivity contribution in [1.82, 2.24) is 9.55 Å². The van der Waals surface area contributed by atoms with E-state index in [1.165, 1.54) is 6.92 Å². The summed E-state index contributed by atoms with van der Waals surface area (Å²) in [5.41, 5.74) is -1.28. The zero-order valence-corrected chi connectivity index (χ0v) is 12.2. The number of H-pyrrole nitrogens is 1. The SMILES string of the molecule is Cc1cn([C@@H]2O[C@H](COP(=O)(O)O)[C@@H](O)C2O)c(=O)[nH]c1=O. The van der Waals surface area contributed by atoms with Crippen molar-refractivity contribution in [2.24, 2.45) is 0 Å². The number of aliphatic hydroxyl groups is 2. The van der Waals surface area contributed by atoms with Crippen molar-refractivity contribution in [3.63, 3.8) is 0 Å². The second-order valence-corrected chi connectivity index (χ2v) is 6.05. The molecule has 0 aromatic carbocycles. The van der Waals surface area contributed by atoms with Crippen molar-refractivity contribution in [3.05, 3.63) is 32.6 Å². The number of hydrogen-bond acceptors (Lipinski definition) is 7. The monoisotopic (exact) mass is 338 g/mol. The van der Waals surface area contributed by atoms with Gasteiger partial charge in [-0.05, 0) is 6.92 Å². The quantitative estimate of drug-likeness (QED) is 0.374. The van der Waals surface area contributed by atoms with Gasteiger partial charge in [-0.25, -0.2) is 9.36 Å². The van der Waals surface area contributed by atoms with E-state index >= 15 is 0 Å². The van der Waals surface area contributed by atoms with Crippen molar-refractivity contribution < 1.29 is 33.8 Å². The third-order valence-corrected chi connectivity index (χ3v) is 3.65. The number of aliphatic hydroxyl groups excluding tert-OH is 2. The minimum absolute atomic E-state index is 0.180. The normalized spacial score (nSPS) is 29.0. The van der Waals surface area contributed by atoms with Crippen LogP contribution >= 0.6 is 7.82 Å². The van der Waals surface area contributed by atoms with Crippen LogP contribution in [0.25, 0.3) is 0 Å². The van der Waals surface area contributed by atoms with E-state index in [1.807, 2.05) is 4.98 Å². The lowest BCUT2D eigenvalue weighted by atomic mass is 10.1. The topological polar surface area (TPSA) is 171 Å². The van der Waals surface area contributed by atoms with E-state index in [0.717, 1.165) is 10.8 Å². The zero-order valence-electron chi connectivity index (χ0n) is 11.3. The molecule has 12 heteroatoms. The first-order valence-electron chi connectivity index (χ1n) is 6.14. The second kappa shape index (κ2) is 6.05. The van der Waals surface area contributed by atoms with Crippen LogP contribution in [0.2, 0.25) is 0 Å². The Morgan fingerprint density at radius 2 is 2.00 bits per heavy atom. The van der Waals surface area contributed by atoms with Gasteiger partial charge in [0.25, 0.3) is 5.56 Å². The lowest BCUT2D eigenvalue weighted by Gasteiger charge is -2.17. The molecular formula is C10H15N2O9P. The minimum atomic E-state index is -4.77. The Morgan fingerprint density at radius 3 is 2.59 bits per heavy atom. The van der Waals surface area contributed by atoms with E-state index in [0.29, 0.717) is 0 Å². The van der Waals surface area contributed by atoms with E-state index in [9.17, 15) is 24.4 Å². The highest BCUT2D eigenvalue weighted by Crippen LogP contribution is 2.38. The second-order valence-electron chi connectivity index (χ2n) is 4.81. The fraction of sp³-hybridized carbons (Fsp3) is 0.600. The fourth-order valence-electron chi connectivity index (χ4n) is 2.04. The van der Waals surface area contributed by atoms with Crippen LogP contribution in [0.1, 0.15) is 11.8 Å². The lowest BCUT2D eigenvalue weighted by Crippen LogP contribution is -2.38. The smallest absolute Gasteiger partial charge is 0.387 e. The molecule has 1 fully saturated rings. The summed E-state index contributed by atoms with van der Waals surface area (Å²) in [4.78, 5) is 42.3. The molecule has 0 bridgehead atoms. The average Bonchev–Trinajstić information content (AvgIpc) is 2.68. The molecule has 0 amide bonds. The van der Waals surface area contributed by atoms with Gasteiger partial charge in [-0.15, -0.1) is 0 Å². The lowest BCUT2D eigenvalue weighted by molar-refractivity contribution is -0.0543. The van der Waals surface area contributed by atoms with Crippen molar-refractivity contribution in [2.75, 3.05) is 6.61 Å². The predicted molar refractivity (Wildman–Crippen MR) is 70.0 cm³/mol. The first-order chi connectivity index (χ1) is 10.1. The number of phosphoric acid groups is 1. The highest BCUT2D eigenvalue weighted by Gasteiger charge is 2.45. The molecule has 4 atom stereocenters. The first-order valence-corrected chi connectivity index (χ1v) is 7.67. The Morgan fingerprint density at radius 1 is 1.36 bits per heavy atom. The van der Waals surface area contributed by atoms with E-state index in [2.05, 4.69) is 4.52 Å². The maximum atomic E-state index is 11.7. The number of aromatic amines is 1. The third-order valence-electron chi connectivity index (χ3n) is 3.16. The molecule has 0 spiro atoms. The Kier molecular flexibility index (Phi) is 4.68. The zero-order chi connectivity index (χ0) is 16.7. The van der Waals surface area contributed by atoms with Crippen molar-refractivity contribution in [3.8, 4) is 0 Å². The van der Waals surface area contributed by atoms with Crippen LogP contribution in [0.4, 0.5) is 0 Å². The molecule has 1 aromatic rings. The Hall–Kier alpha value is -1.33. The summed E-state index contributed by atoms with van der Waals surface area (Å²) in [5, 5.41) is 19.7. The van der Waals surface area contributed by atoms with Gasteiger partial charge in [-0.1, -0.05) is 0 Å². The third kappa shape index (κ3) is 3.52. The van der Waals surface area contributed by atoms with Crippen LogP contribution in [0.15, 0.2) is 15.8 Å². The summed E-state index contributed by atoms with van der Waals surface area (Å²) in [6.45, 7) is 0.747. The molecule has 1 unspecified atom stereocenters. The van der Waals surface area contributed by atoms with Crippen LogP contribution in [0.5, 0.6) is 0 Å². The van der Waals surface area contributed by atoms with Crippen LogP contribution in [-0.4, -0.2) is 54.5 Å². The maximum Gasteiger partial charge on any atom is 0.469 e. The summed E-state index contributed by atoms with van der Waals surface area (Å²) in [5.74, 6) is 0. The van der Waals surface area contributed by atoms with Crippen LogP contribution in [0, 0.1) is 6.92 Å². The van der Waals surface area contributed by atoms with E-state index in [-0.39, 0.29) is 5.56 Å². The van der Waals surface area contributed by atoms with Gasteiger partial charge < -0.3 is 24.7 Å². The first kappa shape index (κ1) is 17.0. The Balaban J connectivity index is 2.23. The van der Waals surface area contributed by atoms with Gasteiger partial charge in [0.15, 0.2) is 6.23 Å². The highest BCUT2D eigenvalue weighted by atomic mass is 31.2. The molecule has 0 saturated carbocycles. The van der Waals surface area contributed by atoms with Crippen molar-refractivity contribution in [1.29, 1.82) is 0 Å². The summed E-state index contributed by atoms with van der Waals surface area (Å²) >= 11 is 0. The van der Waals surface area contributed by atoms with E-state index in [1.54, 1.807) is 0 Å². The van der Waals surface area contributed by atoms with Gasteiger partial charge in [0.1, 0.15) is 18.3 Å². The number of hydrogen-bond donors (Lipinski definition) is 5. The summed E-state index contributed by atoms with van der Waals surface area (Å²) in [6.07, 6.45) is -4.52. The number of rotatable bonds is 4.